The molecule has 0 radical (unpaired) electrons. The lowest BCUT2D eigenvalue weighted by molar-refractivity contribution is -0.217. The molecule has 0 aromatic carbocycles. The molecule has 0 saturated carbocycles. The third-order valence-corrected chi connectivity index (χ3v) is 2.00. The van der Waals surface area contributed by atoms with E-state index in [9.17, 15) is 0 Å². The molecule has 0 aliphatic heterocycles. The van der Waals surface area contributed by atoms with Crippen LogP contribution in [0.4, 0.5) is 0 Å². The van der Waals surface area contributed by atoms with Gasteiger partial charge >= 0.3 is 0 Å². The van der Waals surface area contributed by atoms with Crippen LogP contribution in [-0.2, 0) is 9.47 Å². The van der Waals surface area contributed by atoms with Crippen molar-refractivity contribution in [2.75, 3.05) is 14.2 Å². The Bertz CT molecular complexity index is 87.5. The van der Waals surface area contributed by atoms with Gasteiger partial charge in [-0.1, -0.05) is 20.8 Å². The molecule has 2 heteroatoms. The topological polar surface area (TPSA) is 18.5 Å². The molecular formula is C9H20O2. The van der Waals surface area contributed by atoms with E-state index >= 15 is 0 Å². The Morgan fingerprint density at radius 3 is 1.73 bits per heavy atom. The molecule has 68 valence electrons. The Labute approximate surface area is 69.9 Å². The first-order chi connectivity index (χ1) is 5.10. The molecule has 0 atom stereocenters. The average Bonchev–Trinajstić information content (AvgIpc) is 2.00. The molecule has 0 aromatic heterocycles. The molecule has 0 heterocycles. The minimum atomic E-state index is -0.353. The van der Waals surface area contributed by atoms with Gasteiger partial charge in [-0.15, -0.1) is 0 Å². The van der Waals surface area contributed by atoms with E-state index in [1.165, 1.54) is 0 Å². The van der Waals surface area contributed by atoms with Crippen LogP contribution >= 0.6 is 0 Å². The van der Waals surface area contributed by atoms with E-state index in [0.717, 1.165) is 12.8 Å². The Kier molecular flexibility index (Phi) is 4.69. The summed E-state index contributed by atoms with van der Waals surface area (Å²) in [5, 5.41) is 0. The highest BCUT2D eigenvalue weighted by atomic mass is 16.7. The average molecular weight is 160 g/mol. The first-order valence-corrected chi connectivity index (χ1v) is 4.20. The number of ether oxygens (including phenoxy) is 2. The molecule has 11 heavy (non-hydrogen) atoms. The molecule has 0 amide bonds. The summed E-state index contributed by atoms with van der Waals surface area (Å²) in [6.45, 7) is 6.42. The summed E-state index contributed by atoms with van der Waals surface area (Å²) in [6, 6.07) is 0. The molecule has 0 aliphatic carbocycles. The van der Waals surface area contributed by atoms with E-state index < -0.39 is 0 Å². The van der Waals surface area contributed by atoms with Crippen LogP contribution in [0.2, 0.25) is 0 Å². The van der Waals surface area contributed by atoms with Crippen molar-refractivity contribution in [3.05, 3.63) is 0 Å². The molecule has 0 saturated heterocycles. The monoisotopic (exact) mass is 160 g/mol. The van der Waals surface area contributed by atoms with Crippen molar-refractivity contribution in [2.45, 2.75) is 39.4 Å². The van der Waals surface area contributed by atoms with Gasteiger partial charge in [0.05, 0.1) is 0 Å². The highest BCUT2D eigenvalue weighted by molar-refractivity contribution is 4.68. The van der Waals surface area contributed by atoms with Crippen LogP contribution < -0.4 is 0 Å². The normalized spacial score (nSPS) is 12.5. The van der Waals surface area contributed by atoms with Crippen molar-refractivity contribution in [1.29, 1.82) is 0 Å². The quantitative estimate of drug-likeness (QED) is 0.575. The lowest BCUT2D eigenvalue weighted by Gasteiger charge is -2.31. The van der Waals surface area contributed by atoms with Crippen molar-refractivity contribution in [3.8, 4) is 0 Å². The zero-order valence-corrected chi connectivity index (χ0v) is 8.31. The van der Waals surface area contributed by atoms with E-state index in [-0.39, 0.29) is 5.79 Å². The Morgan fingerprint density at radius 1 is 1.18 bits per heavy atom. The van der Waals surface area contributed by atoms with Crippen molar-refractivity contribution in [3.63, 3.8) is 0 Å². The molecule has 0 N–H and O–H groups in total. The van der Waals surface area contributed by atoms with Crippen LogP contribution in [0.15, 0.2) is 0 Å². The Hall–Kier alpha value is -0.0800. The maximum atomic E-state index is 5.32. The fraction of sp³-hybridized carbons (Fsp3) is 1.00. The van der Waals surface area contributed by atoms with Crippen molar-refractivity contribution in [1.82, 2.24) is 0 Å². The van der Waals surface area contributed by atoms with Crippen LogP contribution in [0.25, 0.3) is 0 Å². The van der Waals surface area contributed by atoms with Crippen molar-refractivity contribution >= 4 is 0 Å². The van der Waals surface area contributed by atoms with Gasteiger partial charge in [-0.2, -0.15) is 0 Å². The molecule has 0 aromatic rings. The zero-order valence-electron chi connectivity index (χ0n) is 8.31. The standard InChI is InChI=1S/C9H20O2/c1-6-9(10-4,11-5)7-8(2)3/h8H,6-7H2,1-5H3. The van der Waals surface area contributed by atoms with Gasteiger partial charge in [-0.05, 0) is 12.3 Å². The van der Waals surface area contributed by atoms with E-state index in [0.29, 0.717) is 5.92 Å². The lowest BCUT2D eigenvalue weighted by Crippen LogP contribution is -2.34. The SMILES string of the molecule is CCC(CC(C)C)(OC)OC. The lowest BCUT2D eigenvalue weighted by atomic mass is 10.0. The van der Waals surface area contributed by atoms with E-state index in [1.54, 1.807) is 14.2 Å². The maximum absolute atomic E-state index is 5.32. The molecule has 0 fully saturated rings. The van der Waals surface area contributed by atoms with Gasteiger partial charge in [0.2, 0.25) is 0 Å². The molecule has 0 aliphatic rings. The summed E-state index contributed by atoms with van der Waals surface area (Å²) < 4.78 is 10.6. The zero-order chi connectivity index (χ0) is 8.91. The van der Waals surface area contributed by atoms with Gasteiger partial charge in [-0.3, -0.25) is 0 Å². The summed E-state index contributed by atoms with van der Waals surface area (Å²) in [6.07, 6.45) is 1.86. The number of rotatable bonds is 5. The van der Waals surface area contributed by atoms with Gasteiger partial charge in [0, 0.05) is 20.6 Å². The van der Waals surface area contributed by atoms with Crippen LogP contribution in [0.5, 0.6) is 0 Å². The second-order valence-electron chi connectivity index (χ2n) is 3.27. The first-order valence-electron chi connectivity index (χ1n) is 4.20. The first kappa shape index (κ1) is 10.9. The highest BCUT2D eigenvalue weighted by Crippen LogP contribution is 2.24. The molecular weight excluding hydrogens is 140 g/mol. The predicted octanol–water partition coefficient (Wildman–Crippen LogP) is 2.43. The van der Waals surface area contributed by atoms with Crippen molar-refractivity contribution in [2.24, 2.45) is 5.92 Å². The summed E-state index contributed by atoms with van der Waals surface area (Å²) in [4.78, 5) is 0. The Morgan fingerprint density at radius 2 is 1.64 bits per heavy atom. The summed E-state index contributed by atoms with van der Waals surface area (Å²) in [7, 11) is 3.41. The summed E-state index contributed by atoms with van der Waals surface area (Å²) in [5.41, 5.74) is 0. The van der Waals surface area contributed by atoms with Gasteiger partial charge in [-0.25, -0.2) is 0 Å². The molecule has 0 spiro atoms. The minimum Gasteiger partial charge on any atom is -0.353 e. The number of hydrogen-bond acceptors (Lipinski definition) is 2. The van der Waals surface area contributed by atoms with Gasteiger partial charge in [0.25, 0.3) is 0 Å². The summed E-state index contributed by atoms with van der Waals surface area (Å²) in [5.74, 6) is 0.253. The molecule has 0 bridgehead atoms. The fourth-order valence-corrected chi connectivity index (χ4v) is 1.31. The third-order valence-electron chi connectivity index (χ3n) is 2.00. The summed E-state index contributed by atoms with van der Waals surface area (Å²) >= 11 is 0. The van der Waals surface area contributed by atoms with Crippen LogP contribution in [0.3, 0.4) is 0 Å². The fourth-order valence-electron chi connectivity index (χ4n) is 1.31. The van der Waals surface area contributed by atoms with Gasteiger partial charge in [0.1, 0.15) is 0 Å². The number of methoxy groups -OCH3 is 2. The van der Waals surface area contributed by atoms with E-state index in [4.69, 9.17) is 9.47 Å². The molecule has 2 nitrogen and oxygen atoms in total. The third kappa shape index (κ3) is 3.21. The maximum Gasteiger partial charge on any atom is 0.167 e. The Balaban J connectivity index is 4.05. The minimum absolute atomic E-state index is 0.353. The van der Waals surface area contributed by atoms with Crippen molar-refractivity contribution < 1.29 is 9.47 Å². The second-order valence-corrected chi connectivity index (χ2v) is 3.27. The van der Waals surface area contributed by atoms with Gasteiger partial charge in [0.15, 0.2) is 5.79 Å². The molecule has 0 unspecified atom stereocenters. The van der Waals surface area contributed by atoms with E-state index in [2.05, 4.69) is 20.8 Å². The smallest absolute Gasteiger partial charge is 0.167 e. The van der Waals surface area contributed by atoms with Gasteiger partial charge < -0.3 is 9.47 Å². The number of hydrogen-bond donors (Lipinski definition) is 0. The molecule has 0 rings (SSSR count). The largest absolute Gasteiger partial charge is 0.353 e. The van der Waals surface area contributed by atoms with Crippen LogP contribution in [-0.4, -0.2) is 20.0 Å². The van der Waals surface area contributed by atoms with Crippen LogP contribution in [0.1, 0.15) is 33.6 Å². The second kappa shape index (κ2) is 4.73. The van der Waals surface area contributed by atoms with E-state index in [1.807, 2.05) is 0 Å². The highest BCUT2D eigenvalue weighted by Gasteiger charge is 2.27. The van der Waals surface area contributed by atoms with Crippen LogP contribution in [0, 0.1) is 5.92 Å². The predicted molar refractivity (Wildman–Crippen MR) is 46.5 cm³/mol.